The molecule has 0 aliphatic heterocycles. The molecule has 0 atom stereocenters. The fraction of sp³-hybridized carbons (Fsp3) is 0.0455. The number of hydrogen-bond donors (Lipinski definition) is 2. The summed E-state index contributed by atoms with van der Waals surface area (Å²) in [6, 6.07) is 19.8. The second kappa shape index (κ2) is 8.93. The van der Waals surface area contributed by atoms with E-state index in [1.807, 2.05) is 19.1 Å². The number of aryl methyl sites for hydroxylation is 1. The van der Waals surface area contributed by atoms with Gasteiger partial charge in [-0.15, -0.1) is 5.10 Å². The first-order valence-electron chi connectivity index (χ1n) is 9.41. The van der Waals surface area contributed by atoms with Crippen molar-refractivity contribution >= 4 is 43.6 Å². The van der Waals surface area contributed by atoms with Crippen LogP contribution in [0.25, 0.3) is 11.5 Å². The van der Waals surface area contributed by atoms with E-state index >= 15 is 0 Å². The predicted octanol–water partition coefficient (Wildman–Crippen LogP) is 4.86. The summed E-state index contributed by atoms with van der Waals surface area (Å²) in [5.74, 6) is -0.362. The van der Waals surface area contributed by atoms with Crippen LogP contribution in [-0.2, 0) is 10.0 Å². The van der Waals surface area contributed by atoms with E-state index in [4.69, 9.17) is 4.42 Å². The van der Waals surface area contributed by atoms with Gasteiger partial charge in [0.1, 0.15) is 0 Å². The number of amides is 1. The summed E-state index contributed by atoms with van der Waals surface area (Å²) in [4.78, 5) is 12.9. The van der Waals surface area contributed by atoms with Gasteiger partial charge in [-0.2, -0.15) is 0 Å². The molecule has 32 heavy (non-hydrogen) atoms. The topological polar surface area (TPSA) is 114 Å². The van der Waals surface area contributed by atoms with Crippen LogP contribution in [-0.4, -0.2) is 24.5 Å². The molecule has 4 aromatic rings. The highest BCUT2D eigenvalue weighted by Gasteiger charge is 2.20. The molecule has 3 aromatic carbocycles. The average Bonchev–Trinajstić information content (AvgIpc) is 3.23. The van der Waals surface area contributed by atoms with Crippen molar-refractivity contribution in [2.45, 2.75) is 11.8 Å². The number of anilines is 2. The Morgan fingerprint density at radius 1 is 0.938 bits per heavy atom. The average molecular weight is 513 g/mol. The number of para-hydroxylation sites is 1. The number of carbonyl (C=O) groups is 1. The van der Waals surface area contributed by atoms with E-state index in [0.29, 0.717) is 5.56 Å². The van der Waals surface area contributed by atoms with Crippen molar-refractivity contribution in [3.05, 3.63) is 88.4 Å². The lowest BCUT2D eigenvalue weighted by atomic mass is 10.2. The molecular weight excluding hydrogens is 496 g/mol. The standard InChI is InChI=1S/C22H17BrN4O4S/c1-14-6-12-17(13-7-14)32(29,30)27-19-5-3-2-4-18(19)20(28)24-22-26-25-21(31-22)15-8-10-16(23)11-9-15/h2-13,27H,1H3,(H,24,26,28). The van der Waals surface area contributed by atoms with Crippen molar-refractivity contribution in [2.24, 2.45) is 0 Å². The van der Waals surface area contributed by atoms with Crippen LogP contribution in [0.15, 0.2) is 86.6 Å². The molecule has 0 aliphatic rings. The second-order valence-corrected chi connectivity index (χ2v) is 9.44. The summed E-state index contributed by atoms with van der Waals surface area (Å²) < 4.78 is 34.4. The van der Waals surface area contributed by atoms with Crippen molar-refractivity contribution in [1.29, 1.82) is 0 Å². The first-order chi connectivity index (χ1) is 15.3. The fourth-order valence-corrected chi connectivity index (χ4v) is 4.18. The summed E-state index contributed by atoms with van der Waals surface area (Å²) >= 11 is 3.35. The van der Waals surface area contributed by atoms with Gasteiger partial charge in [-0.25, -0.2) is 8.42 Å². The summed E-state index contributed by atoms with van der Waals surface area (Å²) in [6.07, 6.45) is 0. The van der Waals surface area contributed by atoms with Crippen molar-refractivity contribution < 1.29 is 17.6 Å². The SMILES string of the molecule is Cc1ccc(S(=O)(=O)Nc2ccccc2C(=O)Nc2nnc(-c3ccc(Br)cc3)o2)cc1. The molecule has 1 heterocycles. The van der Waals surface area contributed by atoms with Crippen molar-refractivity contribution in [3.8, 4) is 11.5 Å². The van der Waals surface area contributed by atoms with Gasteiger partial charge >= 0.3 is 6.01 Å². The highest BCUT2D eigenvalue weighted by atomic mass is 79.9. The van der Waals surface area contributed by atoms with Crippen LogP contribution in [0.3, 0.4) is 0 Å². The van der Waals surface area contributed by atoms with E-state index in [1.54, 1.807) is 36.4 Å². The zero-order valence-corrected chi connectivity index (χ0v) is 19.1. The molecule has 8 nitrogen and oxygen atoms in total. The van der Waals surface area contributed by atoms with Gasteiger partial charge in [-0.3, -0.25) is 14.8 Å². The molecule has 4 rings (SSSR count). The minimum Gasteiger partial charge on any atom is -0.403 e. The highest BCUT2D eigenvalue weighted by Crippen LogP contribution is 2.24. The number of nitrogens with one attached hydrogen (secondary N) is 2. The minimum atomic E-state index is -3.88. The number of halogens is 1. The third kappa shape index (κ3) is 4.87. The fourth-order valence-electron chi connectivity index (χ4n) is 2.84. The van der Waals surface area contributed by atoms with E-state index in [2.05, 4.69) is 36.2 Å². The molecule has 0 saturated heterocycles. The van der Waals surface area contributed by atoms with E-state index in [0.717, 1.165) is 10.0 Å². The molecule has 1 aromatic heterocycles. The Morgan fingerprint density at radius 3 is 2.34 bits per heavy atom. The highest BCUT2D eigenvalue weighted by molar-refractivity contribution is 9.10. The quantitative estimate of drug-likeness (QED) is 0.381. The Labute approximate surface area is 192 Å². The molecule has 0 bridgehead atoms. The van der Waals surface area contributed by atoms with E-state index in [-0.39, 0.29) is 28.1 Å². The number of nitrogens with zero attached hydrogens (tertiary/aromatic N) is 2. The maximum absolute atomic E-state index is 12.8. The summed E-state index contributed by atoms with van der Waals surface area (Å²) in [6.45, 7) is 1.86. The van der Waals surface area contributed by atoms with Gasteiger partial charge in [0.25, 0.3) is 15.9 Å². The van der Waals surface area contributed by atoms with E-state index in [9.17, 15) is 13.2 Å². The Morgan fingerprint density at radius 2 is 1.62 bits per heavy atom. The number of benzene rings is 3. The summed E-state index contributed by atoms with van der Waals surface area (Å²) in [5.41, 5.74) is 1.85. The number of hydrogen-bond acceptors (Lipinski definition) is 6. The molecule has 162 valence electrons. The Hall–Kier alpha value is -3.50. The van der Waals surface area contributed by atoms with E-state index < -0.39 is 15.9 Å². The largest absolute Gasteiger partial charge is 0.403 e. The molecule has 0 aliphatic carbocycles. The lowest BCUT2D eigenvalue weighted by molar-refractivity contribution is 0.102. The van der Waals surface area contributed by atoms with Crippen LogP contribution in [0.2, 0.25) is 0 Å². The molecule has 0 spiro atoms. The molecule has 0 unspecified atom stereocenters. The predicted molar refractivity (Wildman–Crippen MR) is 124 cm³/mol. The third-order valence-corrected chi connectivity index (χ3v) is 6.39. The van der Waals surface area contributed by atoms with Crippen LogP contribution < -0.4 is 10.0 Å². The molecule has 2 N–H and O–H groups in total. The second-order valence-electron chi connectivity index (χ2n) is 6.84. The minimum absolute atomic E-state index is 0.0920. The number of rotatable bonds is 6. The van der Waals surface area contributed by atoms with Gasteiger partial charge in [0, 0.05) is 10.0 Å². The number of carbonyl (C=O) groups excluding carboxylic acids is 1. The summed E-state index contributed by atoms with van der Waals surface area (Å²) in [5, 5.41) is 10.3. The van der Waals surface area contributed by atoms with Crippen molar-refractivity contribution in [1.82, 2.24) is 10.2 Å². The van der Waals surface area contributed by atoms with Gasteiger partial charge in [-0.1, -0.05) is 50.9 Å². The third-order valence-electron chi connectivity index (χ3n) is 4.48. The van der Waals surface area contributed by atoms with Crippen LogP contribution in [0.1, 0.15) is 15.9 Å². The Balaban J connectivity index is 1.54. The maximum Gasteiger partial charge on any atom is 0.322 e. The molecule has 1 amide bonds. The Kier molecular flexibility index (Phi) is 6.06. The van der Waals surface area contributed by atoms with E-state index in [1.165, 1.54) is 24.3 Å². The van der Waals surface area contributed by atoms with Crippen LogP contribution in [0.5, 0.6) is 0 Å². The van der Waals surface area contributed by atoms with Gasteiger partial charge in [0.2, 0.25) is 5.89 Å². The van der Waals surface area contributed by atoms with Crippen molar-refractivity contribution in [3.63, 3.8) is 0 Å². The monoisotopic (exact) mass is 512 g/mol. The van der Waals surface area contributed by atoms with Gasteiger partial charge in [0.05, 0.1) is 16.1 Å². The lowest BCUT2D eigenvalue weighted by Gasteiger charge is -2.12. The smallest absolute Gasteiger partial charge is 0.322 e. The first-order valence-corrected chi connectivity index (χ1v) is 11.7. The normalized spacial score (nSPS) is 11.2. The van der Waals surface area contributed by atoms with Gasteiger partial charge in [-0.05, 0) is 55.5 Å². The molecule has 0 saturated carbocycles. The van der Waals surface area contributed by atoms with Crippen molar-refractivity contribution in [2.75, 3.05) is 10.0 Å². The molecule has 0 radical (unpaired) electrons. The van der Waals surface area contributed by atoms with Crippen LogP contribution >= 0.6 is 15.9 Å². The first kappa shape index (κ1) is 21.7. The van der Waals surface area contributed by atoms with Gasteiger partial charge in [0.15, 0.2) is 0 Å². The lowest BCUT2D eigenvalue weighted by Crippen LogP contribution is -2.18. The number of aromatic nitrogens is 2. The maximum atomic E-state index is 12.8. The molecule has 0 fully saturated rings. The Bertz CT molecular complexity index is 1370. The molecule has 10 heteroatoms. The zero-order chi connectivity index (χ0) is 22.7. The summed E-state index contributed by atoms with van der Waals surface area (Å²) in [7, 11) is -3.88. The van der Waals surface area contributed by atoms with Gasteiger partial charge < -0.3 is 4.42 Å². The number of sulfonamides is 1. The van der Waals surface area contributed by atoms with Crippen LogP contribution in [0.4, 0.5) is 11.7 Å². The zero-order valence-electron chi connectivity index (χ0n) is 16.7. The van der Waals surface area contributed by atoms with Crippen LogP contribution in [0, 0.1) is 6.92 Å². The molecular formula is C22H17BrN4O4S.